The van der Waals surface area contributed by atoms with Crippen molar-refractivity contribution in [2.24, 2.45) is 0 Å². The van der Waals surface area contributed by atoms with E-state index in [1.807, 2.05) is 13.0 Å². The molecule has 0 radical (unpaired) electrons. The van der Waals surface area contributed by atoms with Crippen LogP contribution >= 0.6 is 0 Å². The van der Waals surface area contributed by atoms with Gasteiger partial charge in [-0.2, -0.15) is 0 Å². The summed E-state index contributed by atoms with van der Waals surface area (Å²) in [4.78, 5) is 14.4. The second-order valence-corrected chi connectivity index (χ2v) is 4.70. The van der Waals surface area contributed by atoms with Crippen LogP contribution < -0.4 is 0 Å². The molecule has 1 aromatic rings. The lowest BCUT2D eigenvalue weighted by atomic mass is 9.89. The summed E-state index contributed by atoms with van der Waals surface area (Å²) in [6.45, 7) is 6.13. The van der Waals surface area contributed by atoms with Crippen molar-refractivity contribution in [2.75, 3.05) is 13.1 Å². The van der Waals surface area contributed by atoms with Crippen LogP contribution in [0.4, 0.5) is 0 Å². The molecule has 1 fully saturated rings. The first-order chi connectivity index (χ1) is 8.27. The number of hydrogen-bond acceptors (Lipinski definition) is 2. The summed E-state index contributed by atoms with van der Waals surface area (Å²) in [6, 6.07) is 10.6. The van der Waals surface area contributed by atoms with Crippen molar-refractivity contribution < 1.29 is 4.79 Å². The van der Waals surface area contributed by atoms with E-state index in [-0.39, 0.29) is 6.04 Å². The number of rotatable bonds is 4. The Kier molecular flexibility index (Phi) is 3.95. The second-order valence-electron chi connectivity index (χ2n) is 4.70. The third kappa shape index (κ3) is 2.42. The maximum atomic E-state index is 12.1. The zero-order chi connectivity index (χ0) is 12.3. The number of carbonyl (C=O) groups excluding carboxylic acids is 1. The van der Waals surface area contributed by atoms with Gasteiger partial charge in [-0.05, 0) is 25.1 Å². The molecule has 0 aliphatic carbocycles. The highest BCUT2D eigenvalue weighted by atomic mass is 16.1. The number of likely N-dealkylation sites (tertiary alicyclic amines) is 1. The Balaban J connectivity index is 2.25. The van der Waals surface area contributed by atoms with E-state index < -0.39 is 0 Å². The van der Waals surface area contributed by atoms with Crippen molar-refractivity contribution in [3.05, 3.63) is 35.9 Å². The first-order valence-electron chi connectivity index (χ1n) is 6.59. The van der Waals surface area contributed by atoms with Crippen LogP contribution in [0.5, 0.6) is 0 Å². The van der Waals surface area contributed by atoms with E-state index in [0.29, 0.717) is 18.1 Å². The Morgan fingerprint density at radius 1 is 1.29 bits per heavy atom. The van der Waals surface area contributed by atoms with Gasteiger partial charge in [-0.15, -0.1) is 0 Å². The molecule has 0 amide bonds. The molecule has 0 bridgehead atoms. The molecular formula is C15H21NO. The van der Waals surface area contributed by atoms with Crippen molar-refractivity contribution in [1.82, 2.24) is 4.90 Å². The molecule has 2 rings (SSSR count). The average Bonchev–Trinajstić information content (AvgIpc) is 2.82. The molecule has 0 N–H and O–H groups in total. The predicted molar refractivity (Wildman–Crippen MR) is 70.1 cm³/mol. The third-order valence-corrected chi connectivity index (χ3v) is 3.81. The molecule has 0 spiro atoms. The minimum absolute atomic E-state index is 0.104. The third-order valence-electron chi connectivity index (χ3n) is 3.81. The second kappa shape index (κ2) is 5.46. The Hall–Kier alpha value is -1.15. The lowest BCUT2D eigenvalue weighted by Gasteiger charge is -2.25. The van der Waals surface area contributed by atoms with E-state index in [2.05, 4.69) is 36.1 Å². The molecule has 2 heteroatoms. The van der Waals surface area contributed by atoms with E-state index in [1.54, 1.807) is 0 Å². The molecule has 1 aromatic carbocycles. The quantitative estimate of drug-likeness (QED) is 0.794. The zero-order valence-electron chi connectivity index (χ0n) is 10.7. The summed E-state index contributed by atoms with van der Waals surface area (Å²) in [5.41, 5.74) is 1.32. The highest BCUT2D eigenvalue weighted by Crippen LogP contribution is 2.34. The van der Waals surface area contributed by atoms with Crippen LogP contribution in [0.2, 0.25) is 0 Å². The standard InChI is InChI=1S/C15H21NO/c1-3-14(17)15-13(10-11-16(15)4-2)12-8-6-5-7-9-12/h5-9,13,15H,3-4,10-11H2,1-2H3. The van der Waals surface area contributed by atoms with E-state index in [4.69, 9.17) is 0 Å². The Labute approximate surface area is 104 Å². The van der Waals surface area contributed by atoms with Crippen molar-refractivity contribution in [3.63, 3.8) is 0 Å². The van der Waals surface area contributed by atoms with E-state index in [0.717, 1.165) is 19.5 Å². The molecule has 1 aliphatic heterocycles. The number of benzene rings is 1. The molecule has 0 aromatic heterocycles. The van der Waals surface area contributed by atoms with E-state index >= 15 is 0 Å². The molecule has 2 atom stereocenters. The highest BCUT2D eigenvalue weighted by molar-refractivity contribution is 5.85. The minimum Gasteiger partial charge on any atom is -0.298 e. The molecule has 0 saturated carbocycles. The molecular weight excluding hydrogens is 210 g/mol. The smallest absolute Gasteiger partial charge is 0.150 e. The van der Waals surface area contributed by atoms with Crippen molar-refractivity contribution in [1.29, 1.82) is 0 Å². The van der Waals surface area contributed by atoms with Gasteiger partial charge >= 0.3 is 0 Å². The van der Waals surface area contributed by atoms with Gasteiger partial charge < -0.3 is 0 Å². The van der Waals surface area contributed by atoms with Gasteiger partial charge in [0.1, 0.15) is 5.78 Å². The number of Topliss-reactive ketones (excluding diaryl/α,β-unsaturated/α-hetero) is 1. The topological polar surface area (TPSA) is 20.3 Å². The monoisotopic (exact) mass is 231 g/mol. The Bertz CT molecular complexity index is 374. The summed E-state index contributed by atoms with van der Waals surface area (Å²) >= 11 is 0. The molecule has 92 valence electrons. The number of ketones is 1. The lowest BCUT2D eigenvalue weighted by molar-refractivity contribution is -0.123. The summed E-state index contributed by atoms with van der Waals surface area (Å²) < 4.78 is 0. The Morgan fingerprint density at radius 2 is 2.00 bits per heavy atom. The van der Waals surface area contributed by atoms with Gasteiger partial charge in [-0.25, -0.2) is 0 Å². The van der Waals surface area contributed by atoms with Crippen molar-refractivity contribution in [3.8, 4) is 0 Å². The minimum atomic E-state index is 0.104. The van der Waals surface area contributed by atoms with Gasteiger partial charge in [-0.3, -0.25) is 9.69 Å². The summed E-state index contributed by atoms with van der Waals surface area (Å²) in [7, 11) is 0. The fourth-order valence-corrected chi connectivity index (χ4v) is 2.90. The molecule has 1 aliphatic rings. The lowest BCUT2D eigenvalue weighted by Crippen LogP contribution is -2.38. The van der Waals surface area contributed by atoms with Gasteiger partial charge in [0.2, 0.25) is 0 Å². The summed E-state index contributed by atoms with van der Waals surface area (Å²) in [5, 5.41) is 0. The number of hydrogen-bond donors (Lipinski definition) is 0. The van der Waals surface area contributed by atoms with Crippen LogP contribution in [-0.2, 0) is 4.79 Å². The maximum absolute atomic E-state index is 12.1. The average molecular weight is 231 g/mol. The Morgan fingerprint density at radius 3 is 2.59 bits per heavy atom. The normalized spacial score (nSPS) is 25.1. The van der Waals surface area contributed by atoms with Crippen LogP contribution in [-0.4, -0.2) is 29.8 Å². The summed E-state index contributed by atoms with van der Waals surface area (Å²) in [6.07, 6.45) is 1.75. The van der Waals surface area contributed by atoms with Gasteiger partial charge in [-0.1, -0.05) is 44.2 Å². The van der Waals surface area contributed by atoms with E-state index in [1.165, 1.54) is 5.56 Å². The van der Waals surface area contributed by atoms with E-state index in [9.17, 15) is 4.79 Å². The molecule has 1 saturated heterocycles. The van der Waals surface area contributed by atoms with Gasteiger partial charge in [0.15, 0.2) is 0 Å². The maximum Gasteiger partial charge on any atom is 0.150 e. The molecule has 2 unspecified atom stereocenters. The largest absolute Gasteiger partial charge is 0.298 e. The van der Waals surface area contributed by atoms with Crippen molar-refractivity contribution in [2.45, 2.75) is 38.6 Å². The SMILES string of the molecule is CCC(=O)C1C(c2ccccc2)CCN1CC. The van der Waals surface area contributed by atoms with Crippen LogP contribution in [0.1, 0.15) is 38.2 Å². The summed E-state index contributed by atoms with van der Waals surface area (Å²) in [5.74, 6) is 0.779. The zero-order valence-corrected chi connectivity index (χ0v) is 10.7. The van der Waals surface area contributed by atoms with Crippen LogP contribution in [0.25, 0.3) is 0 Å². The van der Waals surface area contributed by atoms with Gasteiger partial charge in [0.25, 0.3) is 0 Å². The molecule has 2 nitrogen and oxygen atoms in total. The highest BCUT2D eigenvalue weighted by Gasteiger charge is 2.37. The van der Waals surface area contributed by atoms with Gasteiger partial charge in [0, 0.05) is 12.3 Å². The first-order valence-corrected chi connectivity index (χ1v) is 6.59. The van der Waals surface area contributed by atoms with Gasteiger partial charge in [0.05, 0.1) is 6.04 Å². The predicted octanol–water partition coefficient (Wildman–Crippen LogP) is 2.84. The fourth-order valence-electron chi connectivity index (χ4n) is 2.90. The molecule has 17 heavy (non-hydrogen) atoms. The number of nitrogens with zero attached hydrogens (tertiary/aromatic N) is 1. The van der Waals surface area contributed by atoms with Crippen molar-refractivity contribution >= 4 is 5.78 Å². The van der Waals surface area contributed by atoms with Crippen LogP contribution in [0.3, 0.4) is 0 Å². The fraction of sp³-hybridized carbons (Fsp3) is 0.533. The molecule has 1 heterocycles. The number of likely N-dealkylation sites (N-methyl/N-ethyl adjacent to an activating group) is 1. The van der Waals surface area contributed by atoms with Crippen LogP contribution in [0.15, 0.2) is 30.3 Å². The van der Waals surface area contributed by atoms with Crippen LogP contribution in [0, 0.1) is 0 Å². The number of carbonyl (C=O) groups is 1. The first kappa shape index (κ1) is 12.3.